The first kappa shape index (κ1) is 20.1. The number of nitrogens with zero attached hydrogens (tertiary/aromatic N) is 2. The maximum absolute atomic E-state index is 11.8. The molecule has 0 aliphatic carbocycles. The number of allylic oxidation sites excluding steroid dienone is 1. The third-order valence-electron chi connectivity index (χ3n) is 4.25. The van der Waals surface area contributed by atoms with Crippen LogP contribution in [0, 0.1) is 0 Å². The number of rotatable bonds is 8. The average Bonchev–Trinajstić information content (AvgIpc) is 3.32. The molecule has 2 heterocycles. The average molecular weight is 413 g/mol. The van der Waals surface area contributed by atoms with Crippen molar-refractivity contribution in [2.24, 2.45) is 0 Å². The minimum absolute atomic E-state index is 0.328. The van der Waals surface area contributed by atoms with Crippen LogP contribution < -0.4 is 0 Å². The third-order valence-corrected chi connectivity index (χ3v) is 5.49. The minimum Gasteiger partial charge on any atom is -0.478 e. The highest BCUT2D eigenvalue weighted by molar-refractivity contribution is 7.09. The number of aliphatic carboxylic acids is 1. The van der Waals surface area contributed by atoms with Crippen LogP contribution in [-0.2, 0) is 17.8 Å². The summed E-state index contributed by atoms with van der Waals surface area (Å²) >= 11 is 7.89. The van der Waals surface area contributed by atoms with Crippen LogP contribution in [0.25, 0.3) is 12.2 Å². The van der Waals surface area contributed by atoms with Crippen LogP contribution in [-0.4, -0.2) is 20.6 Å². The molecule has 0 spiro atoms. The van der Waals surface area contributed by atoms with E-state index in [0.717, 1.165) is 28.4 Å². The van der Waals surface area contributed by atoms with Gasteiger partial charge in [-0.2, -0.15) is 0 Å². The summed E-state index contributed by atoms with van der Waals surface area (Å²) in [6, 6.07) is 11.5. The van der Waals surface area contributed by atoms with Gasteiger partial charge in [0.2, 0.25) is 0 Å². The smallest absolute Gasteiger partial charge is 0.332 e. The highest BCUT2D eigenvalue weighted by Crippen LogP contribution is 2.22. The lowest BCUT2D eigenvalue weighted by Crippen LogP contribution is -2.07. The van der Waals surface area contributed by atoms with E-state index in [1.807, 2.05) is 58.5 Å². The number of hydrogen-bond acceptors (Lipinski definition) is 3. The van der Waals surface area contributed by atoms with Gasteiger partial charge in [-0.1, -0.05) is 48.9 Å². The Morgan fingerprint density at radius 1 is 1.29 bits per heavy atom. The lowest BCUT2D eigenvalue weighted by Gasteiger charge is -2.11. The van der Waals surface area contributed by atoms with Gasteiger partial charge in [0.05, 0.1) is 18.4 Å². The summed E-state index contributed by atoms with van der Waals surface area (Å²) in [4.78, 5) is 17.3. The molecule has 0 fully saturated rings. The van der Waals surface area contributed by atoms with Crippen molar-refractivity contribution < 1.29 is 9.90 Å². The van der Waals surface area contributed by atoms with Crippen LogP contribution >= 0.6 is 22.9 Å². The number of carbonyl (C=O) groups is 1. The molecule has 1 aromatic carbocycles. The van der Waals surface area contributed by atoms with E-state index in [-0.39, 0.29) is 0 Å². The molecule has 0 bridgehead atoms. The van der Waals surface area contributed by atoms with Crippen molar-refractivity contribution in [1.82, 2.24) is 9.55 Å². The number of hydrogen-bond donors (Lipinski definition) is 1. The molecular weight excluding hydrogens is 392 g/mol. The Morgan fingerprint density at radius 3 is 2.79 bits per heavy atom. The fourth-order valence-corrected chi connectivity index (χ4v) is 3.74. The number of halogens is 1. The maximum atomic E-state index is 11.8. The van der Waals surface area contributed by atoms with Gasteiger partial charge in [0, 0.05) is 21.9 Å². The van der Waals surface area contributed by atoms with Crippen LogP contribution in [0.1, 0.15) is 35.3 Å². The molecule has 0 aliphatic heterocycles. The van der Waals surface area contributed by atoms with Gasteiger partial charge in [0.1, 0.15) is 5.82 Å². The van der Waals surface area contributed by atoms with E-state index >= 15 is 0 Å². The largest absolute Gasteiger partial charge is 0.478 e. The van der Waals surface area contributed by atoms with Crippen LogP contribution in [0.4, 0.5) is 0 Å². The van der Waals surface area contributed by atoms with E-state index in [2.05, 4.69) is 11.9 Å². The van der Waals surface area contributed by atoms with E-state index in [0.29, 0.717) is 23.6 Å². The quantitative estimate of drug-likeness (QED) is 0.477. The Kier molecular flexibility index (Phi) is 6.85. The molecule has 28 heavy (non-hydrogen) atoms. The van der Waals surface area contributed by atoms with Crippen molar-refractivity contribution in [2.75, 3.05) is 0 Å². The second kappa shape index (κ2) is 9.53. The van der Waals surface area contributed by atoms with E-state index in [4.69, 9.17) is 11.6 Å². The van der Waals surface area contributed by atoms with Crippen molar-refractivity contribution >= 4 is 41.1 Å². The zero-order valence-electron chi connectivity index (χ0n) is 15.5. The fraction of sp³-hybridized carbons (Fsp3) is 0.182. The van der Waals surface area contributed by atoms with Crippen LogP contribution in [0.2, 0.25) is 5.02 Å². The molecule has 0 saturated heterocycles. The zero-order chi connectivity index (χ0) is 19.9. The van der Waals surface area contributed by atoms with Gasteiger partial charge in [0.15, 0.2) is 0 Å². The van der Waals surface area contributed by atoms with E-state index in [1.54, 1.807) is 23.6 Å². The van der Waals surface area contributed by atoms with E-state index in [1.165, 1.54) is 0 Å². The Bertz CT molecular complexity index is 1000. The second-order valence-electron chi connectivity index (χ2n) is 6.26. The minimum atomic E-state index is -0.926. The first-order valence-electron chi connectivity index (χ1n) is 9.00. The predicted octanol–water partition coefficient (Wildman–Crippen LogP) is 5.78. The fourth-order valence-electron chi connectivity index (χ4n) is 2.81. The SMILES string of the molecule is CC/C=C/c1ncc(/C=C(\Cc2cccs2)C(=O)O)n1Cc1ccccc1Cl. The summed E-state index contributed by atoms with van der Waals surface area (Å²) in [6.07, 6.45) is 8.67. The van der Waals surface area contributed by atoms with E-state index < -0.39 is 5.97 Å². The molecule has 0 atom stereocenters. The lowest BCUT2D eigenvalue weighted by molar-refractivity contribution is -0.132. The van der Waals surface area contributed by atoms with E-state index in [9.17, 15) is 9.90 Å². The molecule has 4 nitrogen and oxygen atoms in total. The molecule has 3 rings (SSSR count). The predicted molar refractivity (Wildman–Crippen MR) is 116 cm³/mol. The van der Waals surface area contributed by atoms with Crippen molar-refractivity contribution in [3.8, 4) is 0 Å². The van der Waals surface area contributed by atoms with Gasteiger partial charge in [-0.25, -0.2) is 9.78 Å². The Hall–Kier alpha value is -2.63. The van der Waals surface area contributed by atoms with Crippen molar-refractivity contribution in [2.45, 2.75) is 26.3 Å². The molecule has 3 aromatic rings. The monoisotopic (exact) mass is 412 g/mol. The summed E-state index contributed by atoms with van der Waals surface area (Å²) < 4.78 is 1.99. The Labute approximate surface area is 173 Å². The van der Waals surface area contributed by atoms with Gasteiger partial charge in [-0.15, -0.1) is 11.3 Å². The summed E-state index contributed by atoms with van der Waals surface area (Å²) in [5.41, 5.74) is 2.02. The summed E-state index contributed by atoms with van der Waals surface area (Å²) in [6.45, 7) is 2.57. The van der Waals surface area contributed by atoms with Crippen molar-refractivity contribution in [1.29, 1.82) is 0 Å². The third kappa shape index (κ3) is 5.00. The van der Waals surface area contributed by atoms with Crippen LogP contribution in [0.15, 0.2) is 59.6 Å². The molecule has 0 radical (unpaired) electrons. The first-order valence-corrected chi connectivity index (χ1v) is 10.3. The number of aromatic nitrogens is 2. The molecule has 2 aromatic heterocycles. The van der Waals surface area contributed by atoms with Gasteiger partial charge < -0.3 is 9.67 Å². The Balaban J connectivity index is 2.01. The summed E-state index contributed by atoms with van der Waals surface area (Å²) in [5.74, 6) is -0.154. The van der Waals surface area contributed by atoms with Gasteiger partial charge in [-0.05, 0) is 41.6 Å². The summed E-state index contributed by atoms with van der Waals surface area (Å²) in [7, 11) is 0. The van der Waals surface area contributed by atoms with Crippen molar-refractivity contribution in [3.63, 3.8) is 0 Å². The molecule has 0 aliphatic rings. The first-order chi connectivity index (χ1) is 13.6. The molecule has 6 heteroatoms. The van der Waals surface area contributed by atoms with Crippen LogP contribution in [0.3, 0.4) is 0 Å². The molecule has 0 saturated carbocycles. The maximum Gasteiger partial charge on any atom is 0.332 e. The Morgan fingerprint density at radius 2 is 2.11 bits per heavy atom. The highest BCUT2D eigenvalue weighted by Gasteiger charge is 2.14. The molecule has 144 valence electrons. The standard InChI is InChI=1S/C22H21ClN2O2S/c1-2-3-10-21-24-14-18(25(21)15-16-7-4-5-9-20(16)23)12-17(22(26)27)13-19-8-6-11-28-19/h3-12,14H,2,13,15H2,1H3,(H,26,27)/b10-3+,17-12+. The number of thiophene rings is 1. The summed E-state index contributed by atoms with van der Waals surface area (Å²) in [5, 5.41) is 12.3. The van der Waals surface area contributed by atoms with Gasteiger partial charge in [-0.3, -0.25) is 0 Å². The van der Waals surface area contributed by atoms with Crippen LogP contribution in [0.5, 0.6) is 0 Å². The van der Waals surface area contributed by atoms with Gasteiger partial charge >= 0.3 is 5.97 Å². The number of benzene rings is 1. The molecule has 1 N–H and O–H groups in total. The lowest BCUT2D eigenvalue weighted by atomic mass is 10.1. The zero-order valence-corrected chi connectivity index (χ0v) is 17.1. The highest BCUT2D eigenvalue weighted by atomic mass is 35.5. The van der Waals surface area contributed by atoms with Gasteiger partial charge in [0.25, 0.3) is 0 Å². The number of carboxylic acids is 1. The van der Waals surface area contributed by atoms with Crippen molar-refractivity contribution in [3.05, 3.63) is 86.6 Å². The number of carboxylic acid groups (broad SMARTS) is 1. The molecule has 0 amide bonds. The normalized spacial score (nSPS) is 12.0. The number of imidazole rings is 1. The molecular formula is C22H21ClN2O2S. The topological polar surface area (TPSA) is 55.1 Å². The molecule has 0 unspecified atom stereocenters. The second-order valence-corrected chi connectivity index (χ2v) is 7.70.